The standard InChI is InChI=1S/C16H28N2O4/c1-16(2,3)22-15(20)18-9-5-8-13(18)14(19)17(4)11-12-7-6-10-21-12/h12-13H,5-11H2,1-4H3. The summed E-state index contributed by atoms with van der Waals surface area (Å²) >= 11 is 0. The molecule has 0 aromatic carbocycles. The third-order valence-electron chi connectivity index (χ3n) is 4.04. The third-order valence-corrected chi connectivity index (χ3v) is 4.04. The molecule has 0 saturated carbocycles. The molecule has 2 unspecified atom stereocenters. The van der Waals surface area contributed by atoms with Crippen LogP contribution in [-0.4, -0.2) is 66.3 Å². The molecule has 2 fully saturated rings. The molecule has 2 saturated heterocycles. The molecular weight excluding hydrogens is 284 g/mol. The van der Waals surface area contributed by atoms with Crippen molar-refractivity contribution in [3.05, 3.63) is 0 Å². The van der Waals surface area contributed by atoms with E-state index in [1.165, 1.54) is 0 Å². The van der Waals surface area contributed by atoms with Crippen LogP contribution >= 0.6 is 0 Å². The number of nitrogens with zero attached hydrogens (tertiary/aromatic N) is 2. The maximum atomic E-state index is 12.6. The van der Waals surface area contributed by atoms with Crippen molar-refractivity contribution in [3.8, 4) is 0 Å². The van der Waals surface area contributed by atoms with E-state index in [2.05, 4.69) is 0 Å². The predicted molar refractivity (Wildman–Crippen MR) is 82.6 cm³/mol. The lowest BCUT2D eigenvalue weighted by Crippen LogP contribution is -2.49. The molecule has 2 rings (SSSR count). The molecule has 0 radical (unpaired) electrons. The molecule has 2 atom stereocenters. The Morgan fingerprint density at radius 2 is 2.00 bits per heavy atom. The molecule has 2 aliphatic heterocycles. The topological polar surface area (TPSA) is 59.1 Å². The quantitative estimate of drug-likeness (QED) is 0.800. The molecule has 0 N–H and O–H groups in total. The minimum Gasteiger partial charge on any atom is -0.444 e. The molecule has 2 amide bonds. The first-order valence-electron chi connectivity index (χ1n) is 8.14. The van der Waals surface area contributed by atoms with E-state index in [1.807, 2.05) is 20.8 Å². The maximum absolute atomic E-state index is 12.6. The molecule has 126 valence electrons. The number of hydrogen-bond acceptors (Lipinski definition) is 4. The molecule has 2 aliphatic rings. The molecular formula is C16H28N2O4. The Morgan fingerprint density at radius 3 is 2.59 bits per heavy atom. The van der Waals surface area contributed by atoms with E-state index in [9.17, 15) is 9.59 Å². The first-order chi connectivity index (χ1) is 10.3. The van der Waals surface area contributed by atoms with Gasteiger partial charge in [-0.2, -0.15) is 0 Å². The number of carbonyl (C=O) groups is 2. The average Bonchev–Trinajstić information content (AvgIpc) is 3.06. The Labute approximate surface area is 132 Å². The number of rotatable bonds is 3. The SMILES string of the molecule is CN(CC1CCCO1)C(=O)C1CCCN1C(=O)OC(C)(C)C. The minimum absolute atomic E-state index is 0.0149. The fourth-order valence-electron chi connectivity index (χ4n) is 3.00. The van der Waals surface area contributed by atoms with Crippen LogP contribution in [-0.2, 0) is 14.3 Å². The highest BCUT2D eigenvalue weighted by atomic mass is 16.6. The zero-order chi connectivity index (χ0) is 16.3. The first kappa shape index (κ1) is 17.1. The van der Waals surface area contributed by atoms with Gasteiger partial charge < -0.3 is 14.4 Å². The molecule has 2 heterocycles. The van der Waals surface area contributed by atoms with E-state index in [1.54, 1.807) is 16.8 Å². The van der Waals surface area contributed by atoms with Gasteiger partial charge in [0.15, 0.2) is 0 Å². The van der Waals surface area contributed by atoms with Gasteiger partial charge in [0.05, 0.1) is 6.10 Å². The van der Waals surface area contributed by atoms with Gasteiger partial charge in [-0.25, -0.2) is 4.79 Å². The van der Waals surface area contributed by atoms with Crippen LogP contribution in [0.4, 0.5) is 4.79 Å². The van der Waals surface area contributed by atoms with E-state index in [4.69, 9.17) is 9.47 Å². The Hall–Kier alpha value is -1.30. The number of amides is 2. The smallest absolute Gasteiger partial charge is 0.410 e. The van der Waals surface area contributed by atoms with Crippen molar-refractivity contribution in [1.29, 1.82) is 0 Å². The normalized spacial score (nSPS) is 25.4. The van der Waals surface area contributed by atoms with E-state index in [0.29, 0.717) is 19.5 Å². The lowest BCUT2D eigenvalue weighted by Gasteiger charge is -2.30. The molecule has 0 aromatic rings. The minimum atomic E-state index is -0.545. The van der Waals surface area contributed by atoms with Crippen LogP contribution in [0.15, 0.2) is 0 Å². The fourth-order valence-corrected chi connectivity index (χ4v) is 3.00. The van der Waals surface area contributed by atoms with Crippen LogP contribution < -0.4 is 0 Å². The highest BCUT2D eigenvalue weighted by Gasteiger charge is 2.38. The van der Waals surface area contributed by atoms with Gasteiger partial charge in [-0.3, -0.25) is 9.69 Å². The summed E-state index contributed by atoms with van der Waals surface area (Å²) in [4.78, 5) is 28.2. The van der Waals surface area contributed by atoms with Crippen LogP contribution in [0.25, 0.3) is 0 Å². The van der Waals surface area contributed by atoms with Gasteiger partial charge >= 0.3 is 6.09 Å². The van der Waals surface area contributed by atoms with Crippen LogP contribution in [0, 0.1) is 0 Å². The monoisotopic (exact) mass is 312 g/mol. The molecule has 6 heteroatoms. The number of carbonyl (C=O) groups excluding carboxylic acids is 2. The zero-order valence-corrected chi connectivity index (χ0v) is 14.1. The lowest BCUT2D eigenvalue weighted by molar-refractivity contribution is -0.136. The number of ether oxygens (including phenoxy) is 2. The van der Waals surface area contributed by atoms with Crippen LogP contribution in [0.5, 0.6) is 0 Å². The van der Waals surface area contributed by atoms with Gasteiger partial charge in [0.2, 0.25) is 5.91 Å². The first-order valence-corrected chi connectivity index (χ1v) is 8.14. The Bertz CT molecular complexity index is 413. The van der Waals surface area contributed by atoms with Gasteiger partial charge in [-0.15, -0.1) is 0 Å². The molecule has 0 spiro atoms. The summed E-state index contributed by atoms with van der Waals surface area (Å²) in [6.07, 6.45) is 3.33. The summed E-state index contributed by atoms with van der Waals surface area (Å²) in [5, 5.41) is 0. The van der Waals surface area contributed by atoms with Gasteiger partial charge in [-0.05, 0) is 46.5 Å². The summed E-state index contributed by atoms with van der Waals surface area (Å²) in [6, 6.07) is -0.402. The van der Waals surface area contributed by atoms with Crippen LogP contribution in [0.3, 0.4) is 0 Å². The second kappa shape index (κ2) is 6.86. The van der Waals surface area contributed by atoms with Gasteiger partial charge in [0.25, 0.3) is 0 Å². The molecule has 22 heavy (non-hydrogen) atoms. The van der Waals surface area contributed by atoms with Crippen LogP contribution in [0.1, 0.15) is 46.5 Å². The van der Waals surface area contributed by atoms with E-state index in [-0.39, 0.29) is 12.0 Å². The second-order valence-corrected chi connectivity index (χ2v) is 7.19. The van der Waals surface area contributed by atoms with E-state index < -0.39 is 17.7 Å². The highest BCUT2D eigenvalue weighted by molar-refractivity contribution is 5.86. The van der Waals surface area contributed by atoms with Crippen molar-refractivity contribution in [3.63, 3.8) is 0 Å². The van der Waals surface area contributed by atoms with Crippen molar-refractivity contribution < 1.29 is 19.1 Å². The molecule has 0 aromatic heterocycles. The van der Waals surface area contributed by atoms with E-state index >= 15 is 0 Å². The Morgan fingerprint density at radius 1 is 1.27 bits per heavy atom. The van der Waals surface area contributed by atoms with Crippen molar-refractivity contribution in [2.24, 2.45) is 0 Å². The molecule has 0 bridgehead atoms. The number of hydrogen-bond donors (Lipinski definition) is 0. The second-order valence-electron chi connectivity index (χ2n) is 7.19. The summed E-state index contributed by atoms with van der Waals surface area (Å²) in [6.45, 7) is 7.46. The largest absolute Gasteiger partial charge is 0.444 e. The Kier molecular flexibility index (Phi) is 5.32. The van der Waals surface area contributed by atoms with Gasteiger partial charge in [0.1, 0.15) is 11.6 Å². The van der Waals surface area contributed by atoms with Crippen molar-refractivity contribution in [2.45, 2.75) is 64.2 Å². The van der Waals surface area contributed by atoms with Crippen LogP contribution in [0.2, 0.25) is 0 Å². The summed E-state index contributed by atoms with van der Waals surface area (Å²) in [7, 11) is 1.79. The van der Waals surface area contributed by atoms with E-state index in [0.717, 1.165) is 25.9 Å². The average molecular weight is 312 g/mol. The third kappa shape index (κ3) is 4.35. The number of likely N-dealkylation sites (N-methyl/N-ethyl adjacent to an activating group) is 1. The van der Waals surface area contributed by atoms with Crippen molar-refractivity contribution in [1.82, 2.24) is 9.80 Å². The summed E-state index contributed by atoms with van der Waals surface area (Å²) in [5.41, 5.74) is -0.545. The van der Waals surface area contributed by atoms with Gasteiger partial charge in [0, 0.05) is 26.7 Å². The predicted octanol–water partition coefficient (Wildman–Crippen LogP) is 2.02. The lowest BCUT2D eigenvalue weighted by atomic mass is 10.1. The zero-order valence-electron chi connectivity index (χ0n) is 14.1. The fraction of sp³-hybridized carbons (Fsp3) is 0.875. The van der Waals surface area contributed by atoms with Crippen molar-refractivity contribution >= 4 is 12.0 Å². The summed E-state index contributed by atoms with van der Waals surface area (Å²) < 4.78 is 11.0. The molecule has 0 aliphatic carbocycles. The summed E-state index contributed by atoms with van der Waals surface area (Å²) in [5.74, 6) is -0.0149. The van der Waals surface area contributed by atoms with Gasteiger partial charge in [-0.1, -0.05) is 0 Å². The van der Waals surface area contributed by atoms with Crippen molar-refractivity contribution in [2.75, 3.05) is 26.7 Å². The maximum Gasteiger partial charge on any atom is 0.410 e. The number of likely N-dealkylation sites (tertiary alicyclic amines) is 1. The Balaban J connectivity index is 1.93. The highest BCUT2D eigenvalue weighted by Crippen LogP contribution is 2.23. The molecule has 6 nitrogen and oxygen atoms in total.